The monoisotopic (exact) mass is 466 g/mol. The lowest BCUT2D eigenvalue weighted by Gasteiger charge is -2.24. The van der Waals surface area contributed by atoms with Crippen LogP contribution in [-0.4, -0.2) is 30.1 Å². The molecule has 1 heterocycles. The van der Waals surface area contributed by atoms with Crippen LogP contribution in [0.15, 0.2) is 91.1 Å². The topological polar surface area (TPSA) is 73.4 Å². The van der Waals surface area contributed by atoms with Crippen molar-refractivity contribution in [2.75, 3.05) is 34.5 Å². The van der Waals surface area contributed by atoms with Gasteiger partial charge in [-0.1, -0.05) is 48.5 Å². The van der Waals surface area contributed by atoms with Crippen molar-refractivity contribution in [1.29, 1.82) is 0 Å². The summed E-state index contributed by atoms with van der Waals surface area (Å²) in [7, 11) is 3.96. The van der Waals surface area contributed by atoms with E-state index in [-0.39, 0.29) is 12.1 Å². The number of aryl methyl sites for hydroxylation is 1. The number of urea groups is 1. The Morgan fingerprint density at radius 2 is 1.51 bits per heavy atom. The van der Waals surface area contributed by atoms with Crippen molar-refractivity contribution in [2.45, 2.75) is 19.9 Å². The summed E-state index contributed by atoms with van der Waals surface area (Å²) in [5, 5.41) is 6.37. The van der Waals surface area contributed by atoms with Crippen LogP contribution in [0.1, 0.15) is 24.1 Å². The average molecular weight is 467 g/mol. The van der Waals surface area contributed by atoms with E-state index < -0.39 is 0 Å². The van der Waals surface area contributed by atoms with Gasteiger partial charge in [0.15, 0.2) is 0 Å². The van der Waals surface area contributed by atoms with Crippen LogP contribution in [0.25, 0.3) is 0 Å². The van der Waals surface area contributed by atoms with Crippen LogP contribution in [0.5, 0.6) is 0 Å². The standard InChI is InChI=1S/C28H30N6O/c1-20-10-8-9-13-25(20)31-28(35)34(24-16-14-23(15-17-24)33(3)4)26-18-19-29-27(32-26)30-21(2)22-11-6-5-7-12-22/h5-19,21H,1-4H3,(H,31,35)(H,29,30,32). The third kappa shape index (κ3) is 5.76. The van der Waals surface area contributed by atoms with E-state index in [0.717, 1.165) is 22.5 Å². The minimum absolute atomic E-state index is 0.0000646. The molecule has 0 radical (unpaired) electrons. The Kier molecular flexibility index (Phi) is 7.26. The normalized spacial score (nSPS) is 11.4. The van der Waals surface area contributed by atoms with E-state index in [1.807, 2.05) is 99.6 Å². The zero-order valence-electron chi connectivity index (χ0n) is 20.4. The van der Waals surface area contributed by atoms with E-state index in [0.29, 0.717) is 17.5 Å². The van der Waals surface area contributed by atoms with E-state index in [2.05, 4.69) is 27.8 Å². The molecule has 2 amide bonds. The van der Waals surface area contributed by atoms with E-state index >= 15 is 0 Å². The van der Waals surface area contributed by atoms with Crippen molar-refractivity contribution < 1.29 is 4.79 Å². The molecule has 35 heavy (non-hydrogen) atoms. The van der Waals surface area contributed by atoms with Crippen LogP contribution in [0.4, 0.5) is 33.6 Å². The second-order valence-corrected chi connectivity index (χ2v) is 8.51. The molecule has 4 aromatic rings. The lowest BCUT2D eigenvalue weighted by molar-refractivity contribution is 0.259. The Morgan fingerprint density at radius 3 is 2.20 bits per heavy atom. The number of nitrogens with zero attached hydrogens (tertiary/aromatic N) is 4. The van der Waals surface area contributed by atoms with Crippen molar-refractivity contribution in [3.05, 3.63) is 102 Å². The molecule has 0 aliphatic heterocycles. The molecule has 7 nitrogen and oxygen atoms in total. The van der Waals surface area contributed by atoms with Gasteiger partial charge in [0, 0.05) is 37.7 Å². The largest absolute Gasteiger partial charge is 0.378 e. The van der Waals surface area contributed by atoms with Crippen molar-refractivity contribution in [3.63, 3.8) is 0 Å². The van der Waals surface area contributed by atoms with Crippen LogP contribution >= 0.6 is 0 Å². The minimum atomic E-state index is -0.308. The van der Waals surface area contributed by atoms with E-state index in [4.69, 9.17) is 4.98 Å². The first-order chi connectivity index (χ1) is 16.9. The van der Waals surface area contributed by atoms with Crippen LogP contribution in [0.3, 0.4) is 0 Å². The summed E-state index contributed by atoms with van der Waals surface area (Å²) >= 11 is 0. The molecule has 0 saturated carbocycles. The van der Waals surface area contributed by atoms with Crippen molar-refractivity contribution >= 4 is 34.9 Å². The van der Waals surface area contributed by atoms with Gasteiger partial charge in [0.2, 0.25) is 5.95 Å². The number of benzene rings is 3. The van der Waals surface area contributed by atoms with Gasteiger partial charge in [-0.05, 0) is 55.3 Å². The van der Waals surface area contributed by atoms with Crippen molar-refractivity contribution in [2.24, 2.45) is 0 Å². The fourth-order valence-electron chi connectivity index (χ4n) is 3.70. The van der Waals surface area contributed by atoms with Gasteiger partial charge in [-0.25, -0.2) is 14.7 Å². The number of para-hydroxylation sites is 1. The molecule has 178 valence electrons. The molecule has 0 aliphatic rings. The summed E-state index contributed by atoms with van der Waals surface area (Å²) < 4.78 is 0. The number of carbonyl (C=O) groups excluding carboxylic acids is 1. The zero-order valence-corrected chi connectivity index (χ0v) is 20.4. The smallest absolute Gasteiger partial charge is 0.332 e. The Labute approximate surface area is 206 Å². The van der Waals surface area contributed by atoms with Crippen molar-refractivity contribution in [1.82, 2.24) is 9.97 Å². The number of rotatable bonds is 7. The first kappa shape index (κ1) is 23.8. The van der Waals surface area contributed by atoms with Gasteiger partial charge < -0.3 is 15.5 Å². The SMILES string of the molecule is Cc1ccccc1NC(=O)N(c1ccc(N(C)C)cc1)c1ccnc(NC(C)c2ccccc2)n1. The number of hydrogen-bond acceptors (Lipinski definition) is 5. The maximum atomic E-state index is 13.6. The lowest BCUT2D eigenvalue weighted by atomic mass is 10.1. The van der Waals surface area contributed by atoms with Crippen LogP contribution in [0.2, 0.25) is 0 Å². The third-order valence-corrected chi connectivity index (χ3v) is 5.73. The van der Waals surface area contributed by atoms with Crippen LogP contribution < -0.4 is 20.4 Å². The van der Waals surface area contributed by atoms with E-state index in [1.54, 1.807) is 17.2 Å². The van der Waals surface area contributed by atoms with E-state index in [9.17, 15) is 4.79 Å². The van der Waals surface area contributed by atoms with Gasteiger partial charge in [-0.15, -0.1) is 0 Å². The second-order valence-electron chi connectivity index (χ2n) is 8.51. The lowest BCUT2D eigenvalue weighted by Crippen LogP contribution is -2.32. The highest BCUT2D eigenvalue weighted by atomic mass is 16.2. The zero-order chi connectivity index (χ0) is 24.8. The quantitative estimate of drug-likeness (QED) is 0.330. The average Bonchev–Trinajstić information content (AvgIpc) is 2.87. The van der Waals surface area contributed by atoms with Crippen molar-refractivity contribution in [3.8, 4) is 0 Å². The number of amides is 2. The minimum Gasteiger partial charge on any atom is -0.378 e. The van der Waals surface area contributed by atoms with Gasteiger partial charge in [-0.3, -0.25) is 0 Å². The van der Waals surface area contributed by atoms with Crippen LogP contribution in [0, 0.1) is 6.92 Å². The summed E-state index contributed by atoms with van der Waals surface area (Å²) in [4.78, 5) is 26.2. The molecule has 0 aliphatic carbocycles. The molecular formula is C28H30N6O. The highest BCUT2D eigenvalue weighted by molar-refractivity contribution is 6.06. The third-order valence-electron chi connectivity index (χ3n) is 5.73. The molecular weight excluding hydrogens is 436 g/mol. The summed E-state index contributed by atoms with van der Waals surface area (Å²) in [6.45, 7) is 4.01. The molecule has 1 unspecified atom stereocenters. The van der Waals surface area contributed by atoms with E-state index in [1.165, 1.54) is 0 Å². The highest BCUT2D eigenvalue weighted by Gasteiger charge is 2.21. The highest BCUT2D eigenvalue weighted by Crippen LogP contribution is 2.28. The summed E-state index contributed by atoms with van der Waals surface area (Å²) in [6.07, 6.45) is 1.66. The molecule has 7 heteroatoms. The molecule has 2 N–H and O–H groups in total. The molecule has 1 aromatic heterocycles. The van der Waals surface area contributed by atoms with Crippen LogP contribution in [-0.2, 0) is 0 Å². The van der Waals surface area contributed by atoms with Gasteiger partial charge in [0.05, 0.1) is 11.7 Å². The Hall–Kier alpha value is -4.39. The number of carbonyl (C=O) groups is 1. The predicted octanol–water partition coefficient (Wildman–Crippen LogP) is 6.39. The fraction of sp³-hybridized carbons (Fsp3) is 0.179. The van der Waals surface area contributed by atoms with Gasteiger partial charge in [0.1, 0.15) is 5.82 Å². The number of nitrogens with one attached hydrogen (secondary N) is 2. The maximum Gasteiger partial charge on any atom is 0.332 e. The predicted molar refractivity (Wildman–Crippen MR) is 144 cm³/mol. The fourth-order valence-corrected chi connectivity index (χ4v) is 3.70. The molecule has 0 fully saturated rings. The first-order valence-corrected chi connectivity index (χ1v) is 11.5. The molecule has 3 aromatic carbocycles. The maximum absolute atomic E-state index is 13.6. The van der Waals surface area contributed by atoms with Gasteiger partial charge in [0.25, 0.3) is 0 Å². The number of hydrogen-bond donors (Lipinski definition) is 2. The summed E-state index contributed by atoms with van der Waals surface area (Å²) in [5.74, 6) is 0.906. The number of anilines is 5. The molecule has 4 rings (SSSR count). The Morgan fingerprint density at radius 1 is 0.857 bits per heavy atom. The van der Waals surface area contributed by atoms with Gasteiger partial charge >= 0.3 is 6.03 Å². The molecule has 0 saturated heterocycles. The molecule has 1 atom stereocenters. The second kappa shape index (κ2) is 10.7. The summed E-state index contributed by atoms with van der Waals surface area (Å²) in [6, 6.07) is 27.0. The first-order valence-electron chi connectivity index (χ1n) is 11.5. The molecule has 0 bridgehead atoms. The summed E-state index contributed by atoms with van der Waals surface area (Å²) in [5.41, 5.74) is 4.58. The molecule has 0 spiro atoms. The Balaban J connectivity index is 1.67. The Bertz CT molecular complexity index is 1270. The van der Waals surface area contributed by atoms with Gasteiger partial charge in [-0.2, -0.15) is 4.98 Å². The number of aromatic nitrogens is 2.